The first kappa shape index (κ1) is 20.5. The molecule has 2 aliphatic heterocycles. The van der Waals surface area contributed by atoms with Crippen molar-refractivity contribution < 1.29 is 18.9 Å². The monoisotopic (exact) mass is 466 g/mol. The van der Waals surface area contributed by atoms with Gasteiger partial charge in [-0.15, -0.1) is 0 Å². The third-order valence-corrected chi connectivity index (χ3v) is 6.18. The van der Waals surface area contributed by atoms with Crippen molar-refractivity contribution in [1.82, 2.24) is 0 Å². The highest BCUT2D eigenvalue weighted by Crippen LogP contribution is 2.48. The maximum absolute atomic E-state index is 9.75. The molecule has 0 aliphatic carbocycles. The van der Waals surface area contributed by atoms with Crippen LogP contribution in [0.5, 0.6) is 23.0 Å². The first-order valence-electron chi connectivity index (χ1n) is 9.79. The molecule has 3 aromatic rings. The van der Waals surface area contributed by atoms with E-state index in [1.54, 1.807) is 18.2 Å². The van der Waals surface area contributed by atoms with Crippen molar-refractivity contribution in [2.24, 2.45) is 5.92 Å². The van der Waals surface area contributed by atoms with Gasteiger partial charge >= 0.3 is 0 Å². The lowest BCUT2D eigenvalue weighted by Crippen LogP contribution is -2.30. The Bertz CT molecular complexity index is 1250. The fourth-order valence-electron chi connectivity index (χ4n) is 3.86. The number of hydrogen-bond acceptors (Lipinski definition) is 6. The molecule has 0 saturated heterocycles. The molecule has 0 bridgehead atoms. The number of benzene rings is 3. The molecule has 2 unspecified atom stereocenters. The van der Waals surface area contributed by atoms with Gasteiger partial charge in [-0.05, 0) is 41.5 Å². The number of fused-ring (bicyclic) bond motifs is 2. The van der Waals surface area contributed by atoms with Crippen LogP contribution in [0.25, 0.3) is 0 Å². The van der Waals surface area contributed by atoms with Crippen molar-refractivity contribution in [1.29, 1.82) is 10.7 Å². The summed E-state index contributed by atoms with van der Waals surface area (Å²) in [6, 6.07) is 18.6. The molecule has 2 atom stereocenters. The van der Waals surface area contributed by atoms with Crippen molar-refractivity contribution in [2.45, 2.75) is 12.5 Å². The molecule has 160 valence electrons. The molecular weight excluding hydrogens is 451 g/mol. The smallest absolute Gasteiger partial charge is 0.231 e. The molecular formula is C24H16Cl2N2O4. The van der Waals surface area contributed by atoms with Gasteiger partial charge in [-0.2, -0.15) is 5.26 Å². The van der Waals surface area contributed by atoms with Crippen molar-refractivity contribution in [3.8, 4) is 29.1 Å². The summed E-state index contributed by atoms with van der Waals surface area (Å²) in [6.45, 7) is 0.470. The molecule has 32 heavy (non-hydrogen) atoms. The summed E-state index contributed by atoms with van der Waals surface area (Å²) in [5, 5.41) is 19.0. The van der Waals surface area contributed by atoms with Crippen LogP contribution in [0.15, 0.2) is 54.6 Å². The molecule has 0 saturated carbocycles. The molecule has 0 fully saturated rings. The predicted octanol–water partition coefficient (Wildman–Crippen LogP) is 5.94. The van der Waals surface area contributed by atoms with E-state index < -0.39 is 5.92 Å². The molecule has 0 amide bonds. The number of nitrogens with zero attached hydrogens (tertiary/aromatic N) is 1. The molecule has 2 aliphatic rings. The maximum atomic E-state index is 9.75. The average Bonchev–Trinajstić information content (AvgIpc) is 3.25. The van der Waals surface area contributed by atoms with E-state index >= 15 is 0 Å². The van der Waals surface area contributed by atoms with Crippen LogP contribution in [0.3, 0.4) is 0 Å². The van der Waals surface area contributed by atoms with Crippen molar-refractivity contribution in [3.63, 3.8) is 0 Å². The Balaban J connectivity index is 1.42. The number of nitrogens with one attached hydrogen (secondary N) is 1. The van der Waals surface area contributed by atoms with Crippen LogP contribution in [-0.2, 0) is 6.61 Å². The van der Waals surface area contributed by atoms with Crippen LogP contribution in [0, 0.1) is 22.7 Å². The van der Waals surface area contributed by atoms with E-state index in [0.29, 0.717) is 39.7 Å². The van der Waals surface area contributed by atoms with Gasteiger partial charge in [-0.3, -0.25) is 5.41 Å². The summed E-state index contributed by atoms with van der Waals surface area (Å²) < 4.78 is 22.4. The Morgan fingerprint density at radius 2 is 1.72 bits per heavy atom. The number of halogens is 2. The zero-order chi connectivity index (χ0) is 22.2. The van der Waals surface area contributed by atoms with Crippen LogP contribution in [-0.4, -0.2) is 12.7 Å². The second-order valence-electron chi connectivity index (χ2n) is 7.40. The van der Waals surface area contributed by atoms with Gasteiger partial charge in [-0.25, -0.2) is 0 Å². The zero-order valence-corrected chi connectivity index (χ0v) is 18.1. The normalized spacial score (nSPS) is 18.5. The number of nitriles is 1. The number of rotatable bonds is 4. The van der Waals surface area contributed by atoms with Gasteiger partial charge in [0.25, 0.3) is 0 Å². The van der Waals surface area contributed by atoms with Gasteiger partial charge in [0.05, 0.1) is 16.1 Å². The first-order chi connectivity index (χ1) is 15.5. The highest BCUT2D eigenvalue weighted by molar-refractivity contribution is 6.42. The summed E-state index contributed by atoms with van der Waals surface area (Å²) in [6.07, 6.45) is 0. The van der Waals surface area contributed by atoms with Crippen LogP contribution < -0.4 is 18.9 Å². The summed E-state index contributed by atoms with van der Waals surface area (Å²) in [4.78, 5) is 0. The van der Waals surface area contributed by atoms with Crippen molar-refractivity contribution >= 4 is 29.1 Å². The molecule has 1 N–H and O–H groups in total. The zero-order valence-electron chi connectivity index (χ0n) is 16.6. The third kappa shape index (κ3) is 3.70. The van der Waals surface area contributed by atoms with Crippen LogP contribution >= 0.6 is 23.2 Å². The lowest BCUT2D eigenvalue weighted by Gasteiger charge is -2.30. The van der Waals surface area contributed by atoms with Gasteiger partial charge in [0.1, 0.15) is 24.0 Å². The molecule has 0 radical (unpaired) electrons. The van der Waals surface area contributed by atoms with E-state index in [0.717, 1.165) is 16.7 Å². The van der Waals surface area contributed by atoms with Gasteiger partial charge in [0.2, 0.25) is 12.7 Å². The van der Waals surface area contributed by atoms with Gasteiger partial charge in [0, 0.05) is 17.5 Å². The summed E-state index contributed by atoms with van der Waals surface area (Å²) in [5.74, 6) is 1.10. The van der Waals surface area contributed by atoms with E-state index in [1.807, 2.05) is 36.4 Å². The Labute approximate surface area is 194 Å². The fourth-order valence-corrected chi connectivity index (χ4v) is 4.18. The molecule has 8 heteroatoms. The van der Waals surface area contributed by atoms with Crippen LogP contribution in [0.2, 0.25) is 10.0 Å². The summed E-state index contributed by atoms with van der Waals surface area (Å²) >= 11 is 12.0. The SMILES string of the molecule is N#CC1C(=N)Oc2cc3c(cc2C1c1ccc(OCc2ccc(Cl)c(Cl)c2)cc1)OCO3. The van der Waals surface area contributed by atoms with Crippen LogP contribution in [0.4, 0.5) is 0 Å². The van der Waals surface area contributed by atoms with Crippen molar-refractivity contribution in [3.05, 3.63) is 81.3 Å². The first-order valence-corrected chi connectivity index (χ1v) is 10.5. The minimum absolute atomic E-state index is 0.0937. The predicted molar refractivity (Wildman–Crippen MR) is 119 cm³/mol. The van der Waals surface area contributed by atoms with Gasteiger partial charge < -0.3 is 18.9 Å². The van der Waals surface area contributed by atoms with E-state index in [2.05, 4.69) is 6.07 Å². The largest absolute Gasteiger partial charge is 0.489 e. The van der Waals surface area contributed by atoms with Crippen LogP contribution in [0.1, 0.15) is 22.6 Å². The molecule has 6 nitrogen and oxygen atoms in total. The quantitative estimate of drug-likeness (QED) is 0.513. The molecule has 2 heterocycles. The van der Waals surface area contributed by atoms with E-state index in [4.69, 9.17) is 47.6 Å². The number of ether oxygens (including phenoxy) is 4. The molecule has 3 aromatic carbocycles. The lowest BCUT2D eigenvalue weighted by atomic mass is 9.79. The summed E-state index contributed by atoms with van der Waals surface area (Å²) in [7, 11) is 0. The second kappa shape index (κ2) is 8.27. The molecule has 5 rings (SSSR count). The molecule has 0 spiro atoms. The Morgan fingerprint density at radius 1 is 0.969 bits per heavy atom. The second-order valence-corrected chi connectivity index (χ2v) is 8.21. The van der Waals surface area contributed by atoms with Crippen molar-refractivity contribution in [2.75, 3.05) is 6.79 Å². The Hall–Kier alpha value is -3.40. The van der Waals surface area contributed by atoms with Gasteiger partial charge in [-0.1, -0.05) is 41.4 Å². The fraction of sp³-hybridized carbons (Fsp3) is 0.167. The molecule has 0 aromatic heterocycles. The highest BCUT2D eigenvalue weighted by atomic mass is 35.5. The standard InChI is InChI=1S/C24H16Cl2N2O4/c25-18-6-1-13(7-19(18)26)11-29-15-4-2-14(3-5-15)23-16-8-21-22(31-12-30-21)9-20(16)32-24(28)17(23)10-27/h1-9,17,23,28H,11-12H2. The topological polar surface area (TPSA) is 84.6 Å². The Morgan fingerprint density at radius 3 is 2.44 bits per heavy atom. The van der Waals surface area contributed by atoms with E-state index in [-0.39, 0.29) is 18.6 Å². The number of hydrogen-bond donors (Lipinski definition) is 1. The average molecular weight is 467 g/mol. The lowest BCUT2D eigenvalue weighted by molar-refractivity contribution is 0.174. The highest BCUT2D eigenvalue weighted by Gasteiger charge is 2.38. The minimum atomic E-state index is -0.758. The van der Waals surface area contributed by atoms with Gasteiger partial charge in [0.15, 0.2) is 11.5 Å². The van der Waals surface area contributed by atoms with E-state index in [1.165, 1.54) is 0 Å². The third-order valence-electron chi connectivity index (χ3n) is 5.44. The summed E-state index contributed by atoms with van der Waals surface area (Å²) in [5.41, 5.74) is 2.55. The maximum Gasteiger partial charge on any atom is 0.231 e. The minimum Gasteiger partial charge on any atom is -0.489 e. The van der Waals surface area contributed by atoms with E-state index in [9.17, 15) is 5.26 Å². The Kier molecular flexibility index (Phi) is 5.30.